The average Bonchev–Trinajstić information content (AvgIpc) is 2.77. The van der Waals surface area contributed by atoms with E-state index in [2.05, 4.69) is 23.7 Å². The maximum Gasteiger partial charge on any atom is 0.142 e. The van der Waals surface area contributed by atoms with Crippen molar-refractivity contribution in [1.82, 2.24) is 0 Å². The van der Waals surface area contributed by atoms with Crippen LogP contribution in [0.15, 0.2) is 66.7 Å². The van der Waals surface area contributed by atoms with Crippen LogP contribution in [0.25, 0.3) is 10.8 Å². The van der Waals surface area contributed by atoms with Crippen molar-refractivity contribution in [2.45, 2.75) is 13.3 Å². The second-order valence-electron chi connectivity index (χ2n) is 7.19. The van der Waals surface area contributed by atoms with Gasteiger partial charge in [0.25, 0.3) is 0 Å². The molecule has 0 radical (unpaired) electrons. The van der Waals surface area contributed by atoms with Gasteiger partial charge in [-0.2, -0.15) is 0 Å². The van der Waals surface area contributed by atoms with Crippen LogP contribution < -0.4 is 0 Å². The molecule has 0 bridgehead atoms. The molecule has 0 unspecified atom stereocenters. The van der Waals surface area contributed by atoms with Gasteiger partial charge in [-0.3, -0.25) is 0 Å². The lowest BCUT2D eigenvalue weighted by molar-refractivity contribution is 0.574. The number of rotatable bonds is 1. The molecule has 0 aromatic heterocycles. The summed E-state index contributed by atoms with van der Waals surface area (Å²) in [4.78, 5) is 0. The Balaban J connectivity index is 1.58. The lowest BCUT2D eigenvalue weighted by Gasteiger charge is -2.01. The smallest absolute Gasteiger partial charge is 0.142 e. The van der Waals surface area contributed by atoms with Gasteiger partial charge in [-0.25, -0.2) is 17.6 Å². The highest BCUT2D eigenvalue weighted by molar-refractivity contribution is 5.84. The van der Waals surface area contributed by atoms with E-state index in [-0.39, 0.29) is 22.5 Å². The molecular formula is C28H16F4. The van der Waals surface area contributed by atoms with Gasteiger partial charge in [-0.15, -0.1) is 0 Å². The Morgan fingerprint density at radius 1 is 0.594 bits per heavy atom. The number of benzene rings is 4. The minimum Gasteiger partial charge on any atom is -0.207 e. The van der Waals surface area contributed by atoms with Crippen molar-refractivity contribution < 1.29 is 17.6 Å². The summed E-state index contributed by atoms with van der Waals surface area (Å²) in [6, 6.07) is 16.4. The first-order valence-electron chi connectivity index (χ1n) is 9.94. The normalized spacial score (nSPS) is 10.3. The van der Waals surface area contributed by atoms with Gasteiger partial charge in [0.15, 0.2) is 0 Å². The van der Waals surface area contributed by atoms with Gasteiger partial charge in [0.2, 0.25) is 0 Å². The molecule has 32 heavy (non-hydrogen) atoms. The maximum atomic E-state index is 14.5. The molecule has 4 heteroatoms. The van der Waals surface area contributed by atoms with Crippen molar-refractivity contribution in [1.29, 1.82) is 0 Å². The Kier molecular flexibility index (Phi) is 5.97. The Labute approximate surface area is 183 Å². The summed E-state index contributed by atoms with van der Waals surface area (Å²) in [7, 11) is 0. The minimum atomic E-state index is -0.740. The monoisotopic (exact) mass is 428 g/mol. The standard InChI is InChI=1S/C28H16F4/c1-2-18-14-27(31)25(28(32)15-18)12-6-20-4-8-21(26(30)16-20)7-3-19-5-9-23-17-24(29)11-10-22(23)13-19/h4-5,8-11,13-17H,2H2,1H3. The molecule has 0 heterocycles. The number of hydrogen-bond acceptors (Lipinski definition) is 0. The molecule has 0 aliphatic heterocycles. The molecule has 0 amide bonds. The largest absolute Gasteiger partial charge is 0.207 e. The fourth-order valence-electron chi connectivity index (χ4n) is 3.21. The second-order valence-corrected chi connectivity index (χ2v) is 7.19. The predicted molar refractivity (Wildman–Crippen MR) is 118 cm³/mol. The summed E-state index contributed by atoms with van der Waals surface area (Å²) in [6.45, 7) is 1.80. The Morgan fingerprint density at radius 2 is 1.22 bits per heavy atom. The number of aryl methyl sites for hydroxylation is 1. The third-order valence-corrected chi connectivity index (χ3v) is 4.95. The fourth-order valence-corrected chi connectivity index (χ4v) is 3.21. The van der Waals surface area contributed by atoms with Crippen LogP contribution in [-0.2, 0) is 6.42 Å². The molecular weight excluding hydrogens is 412 g/mol. The van der Waals surface area contributed by atoms with Crippen molar-refractivity contribution in [3.05, 3.63) is 118 Å². The van der Waals surface area contributed by atoms with Gasteiger partial charge in [0.05, 0.1) is 11.1 Å². The van der Waals surface area contributed by atoms with Gasteiger partial charge >= 0.3 is 0 Å². The van der Waals surface area contributed by atoms with E-state index in [1.165, 1.54) is 36.4 Å². The summed E-state index contributed by atoms with van der Waals surface area (Å²) in [5.41, 5.74) is 1.30. The maximum absolute atomic E-state index is 14.5. The molecule has 0 aliphatic carbocycles. The van der Waals surface area contributed by atoms with Crippen LogP contribution >= 0.6 is 0 Å². The predicted octanol–water partition coefficient (Wildman–Crippen LogP) is 6.76. The lowest BCUT2D eigenvalue weighted by atomic mass is 10.1. The van der Waals surface area contributed by atoms with Crippen LogP contribution in [0.5, 0.6) is 0 Å². The number of fused-ring (bicyclic) bond motifs is 1. The highest BCUT2D eigenvalue weighted by atomic mass is 19.1. The van der Waals surface area contributed by atoms with Crippen LogP contribution in [0, 0.1) is 47.0 Å². The molecule has 0 spiro atoms. The van der Waals surface area contributed by atoms with Crippen LogP contribution in [0.3, 0.4) is 0 Å². The summed E-state index contributed by atoms with van der Waals surface area (Å²) < 4.78 is 55.9. The third kappa shape index (κ3) is 4.66. The zero-order valence-electron chi connectivity index (χ0n) is 17.1. The Bertz CT molecular complexity index is 1440. The van der Waals surface area contributed by atoms with Crippen LogP contribution in [-0.4, -0.2) is 0 Å². The summed E-state index contributed by atoms with van der Waals surface area (Å²) in [5, 5.41) is 1.58. The van der Waals surface area contributed by atoms with Crippen molar-refractivity contribution in [3.63, 3.8) is 0 Å². The van der Waals surface area contributed by atoms with Gasteiger partial charge < -0.3 is 0 Å². The first kappa shape index (κ1) is 21.2. The molecule has 0 fully saturated rings. The first-order chi connectivity index (χ1) is 15.4. The van der Waals surface area contributed by atoms with Crippen molar-refractivity contribution in [2.24, 2.45) is 0 Å². The van der Waals surface area contributed by atoms with E-state index in [0.717, 1.165) is 10.8 Å². The third-order valence-electron chi connectivity index (χ3n) is 4.95. The van der Waals surface area contributed by atoms with E-state index in [1.54, 1.807) is 37.3 Å². The van der Waals surface area contributed by atoms with Crippen LogP contribution in [0.4, 0.5) is 17.6 Å². The molecule has 0 N–H and O–H groups in total. The average molecular weight is 428 g/mol. The quantitative estimate of drug-likeness (QED) is 0.232. The van der Waals surface area contributed by atoms with Crippen molar-refractivity contribution in [2.75, 3.05) is 0 Å². The van der Waals surface area contributed by atoms with Crippen molar-refractivity contribution in [3.8, 4) is 23.7 Å². The zero-order chi connectivity index (χ0) is 22.7. The Hall–Kier alpha value is -4.02. The van der Waals surface area contributed by atoms with Gasteiger partial charge in [-0.1, -0.05) is 42.7 Å². The van der Waals surface area contributed by atoms with Crippen LogP contribution in [0.2, 0.25) is 0 Å². The van der Waals surface area contributed by atoms with E-state index in [4.69, 9.17) is 0 Å². The van der Waals surface area contributed by atoms with E-state index in [9.17, 15) is 17.6 Å². The molecule has 0 nitrogen and oxygen atoms in total. The first-order valence-corrected chi connectivity index (χ1v) is 9.94. The molecule has 4 aromatic rings. The van der Waals surface area contributed by atoms with E-state index >= 15 is 0 Å². The summed E-state index contributed by atoms with van der Waals surface area (Å²) in [5.74, 6) is 8.32. The Morgan fingerprint density at radius 3 is 1.94 bits per heavy atom. The molecule has 0 atom stereocenters. The highest BCUT2D eigenvalue weighted by Crippen LogP contribution is 2.18. The van der Waals surface area contributed by atoms with Crippen LogP contribution in [0.1, 0.15) is 34.7 Å². The molecule has 0 saturated heterocycles. The van der Waals surface area contributed by atoms with Gasteiger partial charge in [-0.05, 0) is 77.4 Å². The summed E-state index contributed by atoms with van der Waals surface area (Å²) >= 11 is 0. The second kappa shape index (κ2) is 9.00. The molecule has 4 rings (SSSR count). The number of halogens is 4. The highest BCUT2D eigenvalue weighted by Gasteiger charge is 2.08. The molecule has 0 aliphatic rings. The molecule has 0 saturated carbocycles. The minimum absolute atomic E-state index is 0.166. The number of hydrogen-bond donors (Lipinski definition) is 0. The van der Waals surface area contributed by atoms with Gasteiger partial charge in [0.1, 0.15) is 23.3 Å². The summed E-state index contributed by atoms with van der Waals surface area (Å²) in [6.07, 6.45) is 0.507. The molecule has 156 valence electrons. The van der Waals surface area contributed by atoms with E-state index in [0.29, 0.717) is 17.5 Å². The zero-order valence-corrected chi connectivity index (χ0v) is 17.1. The van der Waals surface area contributed by atoms with Crippen molar-refractivity contribution >= 4 is 10.8 Å². The van der Waals surface area contributed by atoms with Gasteiger partial charge in [0, 0.05) is 11.1 Å². The van der Waals surface area contributed by atoms with E-state index < -0.39 is 17.5 Å². The molecule has 4 aromatic carbocycles. The lowest BCUT2D eigenvalue weighted by Crippen LogP contribution is -1.94. The fraction of sp³-hybridized carbons (Fsp3) is 0.0714. The SMILES string of the molecule is CCc1cc(F)c(C#Cc2ccc(C#Cc3ccc4cc(F)ccc4c3)c(F)c2)c(F)c1. The van der Waals surface area contributed by atoms with E-state index in [1.807, 2.05) is 0 Å². The topological polar surface area (TPSA) is 0 Å².